The van der Waals surface area contributed by atoms with Crippen LogP contribution < -0.4 is 9.47 Å². The molecule has 0 aliphatic carbocycles. The fourth-order valence-corrected chi connectivity index (χ4v) is 3.75. The lowest BCUT2D eigenvalue weighted by Gasteiger charge is -2.13. The molecule has 0 spiro atoms. The van der Waals surface area contributed by atoms with Gasteiger partial charge in [-0.3, -0.25) is 0 Å². The summed E-state index contributed by atoms with van der Waals surface area (Å²) in [6.07, 6.45) is 0.714. The van der Waals surface area contributed by atoms with Crippen molar-refractivity contribution in [3.8, 4) is 28.5 Å². The number of fused-ring (bicyclic) bond motifs is 1. The maximum Gasteiger partial charge on any atom is 0.344 e. The SMILES string of the molecule is CCCc1cc(Oc2ccc(C)cc2)ccc1-c1noc2cc(Cl)c(O[C@@H](C)C(=O)O)cc12. The fourth-order valence-electron chi connectivity index (χ4n) is 3.55. The summed E-state index contributed by atoms with van der Waals surface area (Å²) in [5, 5.41) is 14.4. The number of nitrogens with zero attached hydrogens (tertiary/aromatic N) is 1. The summed E-state index contributed by atoms with van der Waals surface area (Å²) in [6.45, 7) is 5.59. The van der Waals surface area contributed by atoms with E-state index in [-0.39, 0.29) is 10.8 Å². The second-order valence-corrected chi connectivity index (χ2v) is 8.30. The first-order valence-electron chi connectivity index (χ1n) is 10.7. The first-order valence-corrected chi connectivity index (χ1v) is 11.1. The van der Waals surface area contributed by atoms with E-state index in [2.05, 4.69) is 12.1 Å². The average molecular weight is 466 g/mol. The van der Waals surface area contributed by atoms with E-state index in [1.807, 2.05) is 49.4 Å². The van der Waals surface area contributed by atoms with Gasteiger partial charge in [-0.1, -0.05) is 47.8 Å². The predicted octanol–water partition coefficient (Wildman–Crippen LogP) is 7.05. The van der Waals surface area contributed by atoms with Crippen LogP contribution in [0.5, 0.6) is 17.2 Å². The van der Waals surface area contributed by atoms with Crippen LogP contribution in [-0.4, -0.2) is 22.3 Å². The largest absolute Gasteiger partial charge is 0.479 e. The number of carbonyl (C=O) groups is 1. The molecule has 6 nitrogen and oxygen atoms in total. The van der Waals surface area contributed by atoms with Gasteiger partial charge in [0.15, 0.2) is 11.7 Å². The number of halogens is 1. The lowest BCUT2D eigenvalue weighted by molar-refractivity contribution is -0.144. The Balaban J connectivity index is 1.73. The standard InChI is InChI=1S/C26H24ClNO5/c1-4-5-17-12-19(32-18-8-6-15(2)7-9-18)10-11-20(17)25-21-13-24(31-16(3)26(29)30)22(27)14-23(21)33-28-25/h6-14,16H,4-5H2,1-3H3,(H,29,30)/t16-/m0/s1. The Morgan fingerprint density at radius 3 is 2.55 bits per heavy atom. The number of hydrogen-bond acceptors (Lipinski definition) is 5. The summed E-state index contributed by atoms with van der Waals surface area (Å²) < 4.78 is 17.1. The highest BCUT2D eigenvalue weighted by molar-refractivity contribution is 6.32. The number of rotatable bonds is 8. The van der Waals surface area contributed by atoms with Crippen molar-refractivity contribution in [2.45, 2.75) is 39.7 Å². The maximum absolute atomic E-state index is 11.2. The minimum absolute atomic E-state index is 0.258. The van der Waals surface area contributed by atoms with Gasteiger partial charge in [0.05, 0.1) is 10.4 Å². The first kappa shape index (κ1) is 22.7. The second-order valence-electron chi connectivity index (χ2n) is 7.89. The van der Waals surface area contributed by atoms with E-state index < -0.39 is 12.1 Å². The molecule has 0 saturated heterocycles. The molecule has 3 aromatic carbocycles. The van der Waals surface area contributed by atoms with Crippen molar-refractivity contribution in [3.05, 3.63) is 70.7 Å². The Morgan fingerprint density at radius 2 is 1.85 bits per heavy atom. The van der Waals surface area contributed by atoms with Crippen molar-refractivity contribution in [3.63, 3.8) is 0 Å². The monoisotopic (exact) mass is 465 g/mol. The molecule has 4 aromatic rings. The first-order chi connectivity index (χ1) is 15.9. The van der Waals surface area contributed by atoms with Gasteiger partial charge in [0.2, 0.25) is 0 Å². The Morgan fingerprint density at radius 1 is 1.12 bits per heavy atom. The molecule has 0 fully saturated rings. The number of aryl methyl sites for hydroxylation is 2. The van der Waals surface area contributed by atoms with Crippen molar-refractivity contribution in [2.24, 2.45) is 0 Å². The predicted molar refractivity (Wildman–Crippen MR) is 127 cm³/mol. The minimum atomic E-state index is -1.08. The molecule has 0 bridgehead atoms. The Hall–Kier alpha value is -3.51. The van der Waals surface area contributed by atoms with E-state index in [0.29, 0.717) is 16.7 Å². The van der Waals surface area contributed by atoms with Gasteiger partial charge in [0.25, 0.3) is 0 Å². The highest BCUT2D eigenvalue weighted by Gasteiger charge is 2.20. The Bertz CT molecular complexity index is 1300. The van der Waals surface area contributed by atoms with Crippen molar-refractivity contribution in [1.29, 1.82) is 0 Å². The van der Waals surface area contributed by atoms with E-state index >= 15 is 0 Å². The highest BCUT2D eigenvalue weighted by Crippen LogP contribution is 2.38. The van der Waals surface area contributed by atoms with Crippen LogP contribution in [0, 0.1) is 6.92 Å². The molecule has 33 heavy (non-hydrogen) atoms. The quantitative estimate of drug-likeness (QED) is 0.300. The molecule has 170 valence electrons. The van der Waals surface area contributed by atoms with Crippen molar-refractivity contribution >= 4 is 28.5 Å². The van der Waals surface area contributed by atoms with E-state index in [4.69, 9.17) is 30.7 Å². The van der Waals surface area contributed by atoms with Gasteiger partial charge in [0.1, 0.15) is 22.9 Å². The minimum Gasteiger partial charge on any atom is -0.479 e. The number of carboxylic acid groups (broad SMARTS) is 1. The van der Waals surface area contributed by atoms with Crippen LogP contribution in [0.4, 0.5) is 0 Å². The summed E-state index contributed by atoms with van der Waals surface area (Å²) in [5.41, 5.74) is 4.27. The molecule has 0 aliphatic rings. The summed E-state index contributed by atoms with van der Waals surface area (Å²) in [7, 11) is 0. The van der Waals surface area contributed by atoms with Crippen LogP contribution in [0.15, 0.2) is 59.1 Å². The molecular weight excluding hydrogens is 442 g/mol. The topological polar surface area (TPSA) is 81.8 Å². The number of hydrogen-bond donors (Lipinski definition) is 1. The van der Waals surface area contributed by atoms with Crippen molar-refractivity contribution in [1.82, 2.24) is 5.16 Å². The van der Waals surface area contributed by atoms with E-state index in [9.17, 15) is 4.79 Å². The third-order valence-corrected chi connectivity index (χ3v) is 5.58. The summed E-state index contributed by atoms with van der Waals surface area (Å²) in [4.78, 5) is 11.2. The van der Waals surface area contributed by atoms with E-state index in [1.54, 1.807) is 12.1 Å². The lowest BCUT2D eigenvalue weighted by atomic mass is 9.98. The van der Waals surface area contributed by atoms with Crippen LogP contribution in [-0.2, 0) is 11.2 Å². The number of aromatic nitrogens is 1. The van der Waals surface area contributed by atoms with Gasteiger partial charge in [-0.25, -0.2) is 4.79 Å². The molecule has 1 N–H and O–H groups in total. The molecule has 4 rings (SSSR count). The van der Waals surface area contributed by atoms with Crippen molar-refractivity contribution in [2.75, 3.05) is 0 Å². The van der Waals surface area contributed by atoms with Crippen LogP contribution in [0.3, 0.4) is 0 Å². The lowest BCUT2D eigenvalue weighted by Crippen LogP contribution is -2.22. The smallest absolute Gasteiger partial charge is 0.344 e. The van der Waals surface area contributed by atoms with Gasteiger partial charge >= 0.3 is 5.97 Å². The average Bonchev–Trinajstić information content (AvgIpc) is 3.18. The maximum atomic E-state index is 11.2. The zero-order valence-corrected chi connectivity index (χ0v) is 19.3. The summed E-state index contributed by atoms with van der Waals surface area (Å²) >= 11 is 6.27. The fraction of sp³-hybridized carbons (Fsp3) is 0.231. The molecule has 1 aromatic heterocycles. The van der Waals surface area contributed by atoms with Gasteiger partial charge in [-0.15, -0.1) is 0 Å². The van der Waals surface area contributed by atoms with E-state index in [0.717, 1.165) is 35.5 Å². The number of benzene rings is 3. The Kier molecular flexibility index (Phi) is 6.56. The van der Waals surface area contributed by atoms with Crippen LogP contribution in [0.2, 0.25) is 5.02 Å². The second kappa shape index (κ2) is 9.55. The van der Waals surface area contributed by atoms with Crippen LogP contribution in [0.1, 0.15) is 31.4 Å². The molecule has 0 unspecified atom stereocenters. The van der Waals surface area contributed by atoms with Gasteiger partial charge in [0, 0.05) is 11.6 Å². The van der Waals surface area contributed by atoms with Crippen molar-refractivity contribution < 1.29 is 23.9 Å². The number of aliphatic carboxylic acids is 1. The number of carboxylic acids is 1. The molecule has 0 amide bonds. The van der Waals surface area contributed by atoms with Gasteiger partial charge < -0.3 is 19.1 Å². The normalized spacial score (nSPS) is 12.0. The van der Waals surface area contributed by atoms with E-state index in [1.165, 1.54) is 12.5 Å². The van der Waals surface area contributed by atoms with Gasteiger partial charge in [-0.05, 0) is 62.2 Å². The summed E-state index contributed by atoms with van der Waals surface area (Å²) in [6, 6.07) is 17.0. The molecule has 1 heterocycles. The molecule has 0 radical (unpaired) electrons. The molecule has 7 heteroatoms. The number of ether oxygens (including phenoxy) is 2. The van der Waals surface area contributed by atoms with Gasteiger partial charge in [-0.2, -0.15) is 0 Å². The molecule has 0 aliphatic heterocycles. The third kappa shape index (κ3) is 4.96. The highest BCUT2D eigenvalue weighted by atomic mass is 35.5. The van der Waals surface area contributed by atoms with Crippen LogP contribution in [0.25, 0.3) is 22.2 Å². The zero-order chi connectivity index (χ0) is 23.5. The third-order valence-electron chi connectivity index (χ3n) is 5.28. The van der Waals surface area contributed by atoms with Crippen LogP contribution >= 0.6 is 11.6 Å². The summed E-state index contributed by atoms with van der Waals surface area (Å²) in [5.74, 6) is 0.693. The molecule has 0 saturated carbocycles. The zero-order valence-electron chi connectivity index (χ0n) is 18.6. The molecule has 1 atom stereocenters. The molecular formula is C26H24ClNO5. The Labute approximate surface area is 196 Å².